The molecular weight excluding hydrogens is 458 g/mol. The van der Waals surface area contributed by atoms with Gasteiger partial charge in [0.05, 0.1) is 31.4 Å². The Morgan fingerprint density at radius 1 is 1.23 bits per heavy atom. The lowest BCUT2D eigenvalue weighted by Crippen LogP contribution is -2.32. The van der Waals surface area contributed by atoms with E-state index >= 15 is 0 Å². The van der Waals surface area contributed by atoms with Gasteiger partial charge in [-0.2, -0.15) is 10.4 Å². The van der Waals surface area contributed by atoms with E-state index in [9.17, 15) is 23.9 Å². The molecule has 0 fully saturated rings. The van der Waals surface area contributed by atoms with Crippen molar-refractivity contribution in [2.45, 2.75) is 13.0 Å². The Balaban J connectivity index is 1.75. The normalized spacial score (nSPS) is 11.7. The molecule has 2 N–H and O–H groups in total. The highest BCUT2D eigenvalue weighted by molar-refractivity contribution is 5.65. The molecular formula is C24H20F2N6O3. The number of hydrogen-bond acceptors (Lipinski definition) is 7. The van der Waals surface area contributed by atoms with Crippen LogP contribution in [0.1, 0.15) is 23.0 Å². The molecule has 35 heavy (non-hydrogen) atoms. The monoisotopic (exact) mass is 478 g/mol. The van der Waals surface area contributed by atoms with E-state index in [4.69, 9.17) is 4.74 Å². The van der Waals surface area contributed by atoms with Crippen molar-refractivity contribution < 1.29 is 18.6 Å². The summed E-state index contributed by atoms with van der Waals surface area (Å²) in [4.78, 5) is 17.4. The van der Waals surface area contributed by atoms with E-state index in [-0.39, 0.29) is 16.9 Å². The molecule has 0 unspecified atom stereocenters. The second-order valence-electron chi connectivity index (χ2n) is 7.60. The van der Waals surface area contributed by atoms with Gasteiger partial charge in [-0.25, -0.2) is 18.4 Å². The maximum Gasteiger partial charge on any atom is 0.291 e. The van der Waals surface area contributed by atoms with Gasteiger partial charge < -0.3 is 19.7 Å². The van der Waals surface area contributed by atoms with Crippen molar-refractivity contribution in [1.82, 2.24) is 19.3 Å². The summed E-state index contributed by atoms with van der Waals surface area (Å²) in [6.07, 6.45) is 3.47. The number of benzene rings is 2. The summed E-state index contributed by atoms with van der Waals surface area (Å²) in [7, 11) is 1.50. The largest absolute Gasteiger partial charge is 0.494 e. The Labute approximate surface area is 198 Å². The number of nitriles is 1. The third-order valence-electron chi connectivity index (χ3n) is 5.29. The summed E-state index contributed by atoms with van der Waals surface area (Å²) >= 11 is 0. The van der Waals surface area contributed by atoms with E-state index in [1.165, 1.54) is 13.2 Å². The van der Waals surface area contributed by atoms with Crippen LogP contribution in [0.15, 0.2) is 59.8 Å². The highest BCUT2D eigenvalue weighted by Gasteiger charge is 2.22. The van der Waals surface area contributed by atoms with Crippen LogP contribution in [-0.4, -0.2) is 38.2 Å². The number of aliphatic hydroxyl groups is 1. The second-order valence-corrected chi connectivity index (χ2v) is 7.60. The first kappa shape index (κ1) is 23.6. The highest BCUT2D eigenvalue weighted by atomic mass is 19.1. The Hall–Kier alpha value is -4.56. The van der Waals surface area contributed by atoms with Gasteiger partial charge in [-0.05, 0) is 25.1 Å². The summed E-state index contributed by atoms with van der Waals surface area (Å²) in [5.41, 5.74) is 0.958. The van der Waals surface area contributed by atoms with Crippen LogP contribution in [-0.2, 0) is 0 Å². The van der Waals surface area contributed by atoms with Crippen LogP contribution in [0.2, 0.25) is 0 Å². The van der Waals surface area contributed by atoms with Crippen molar-refractivity contribution in [2.24, 2.45) is 0 Å². The molecule has 4 rings (SSSR count). The Morgan fingerprint density at radius 2 is 2.03 bits per heavy atom. The average molecular weight is 478 g/mol. The number of nitrogens with zero attached hydrogens (tertiary/aromatic N) is 5. The SMILES string of the molecule is COc1cc(Nc2cc(C#N)nn([C@@H](CO)c3ccc(F)cc3F)c2=O)ccc1-n1cnc(C)c1. The van der Waals surface area contributed by atoms with Crippen LogP contribution in [0.4, 0.5) is 20.2 Å². The third-order valence-corrected chi connectivity index (χ3v) is 5.29. The molecule has 2 aromatic carbocycles. The minimum absolute atomic E-state index is 0.0363. The molecule has 0 saturated heterocycles. The molecule has 0 aliphatic heterocycles. The molecule has 0 bridgehead atoms. The highest BCUT2D eigenvalue weighted by Crippen LogP contribution is 2.28. The lowest BCUT2D eigenvalue weighted by Gasteiger charge is -2.19. The van der Waals surface area contributed by atoms with Gasteiger partial charge in [-0.1, -0.05) is 6.07 Å². The topological polar surface area (TPSA) is 118 Å². The Bertz CT molecular complexity index is 1490. The number of aromatic nitrogens is 4. The standard InChI is InChI=1S/C24H20F2N6O3/c1-14-11-31(13-28-14)21-6-4-16(9-23(21)35-2)29-20-8-17(10-27)30-32(24(20)34)22(12-33)18-5-3-15(25)7-19(18)26/h3-9,11,13,22,29,33H,12H2,1-2H3/t22-/m0/s1. The summed E-state index contributed by atoms with van der Waals surface area (Å²) in [6.45, 7) is 1.15. The summed E-state index contributed by atoms with van der Waals surface area (Å²) in [5, 5.41) is 26.2. The zero-order valence-corrected chi connectivity index (χ0v) is 18.7. The number of rotatable bonds is 7. The molecule has 0 amide bonds. The number of nitrogens with one attached hydrogen (secondary N) is 1. The van der Waals surface area contributed by atoms with Crippen LogP contribution >= 0.6 is 0 Å². The predicted molar refractivity (Wildman–Crippen MR) is 123 cm³/mol. The lowest BCUT2D eigenvalue weighted by atomic mass is 10.1. The van der Waals surface area contributed by atoms with Crippen molar-refractivity contribution in [3.63, 3.8) is 0 Å². The van der Waals surface area contributed by atoms with Crippen LogP contribution in [0.5, 0.6) is 5.75 Å². The third kappa shape index (κ3) is 4.73. The zero-order chi connectivity index (χ0) is 25.1. The number of aryl methyl sites for hydroxylation is 1. The van der Waals surface area contributed by atoms with E-state index in [1.54, 1.807) is 29.1 Å². The molecule has 0 aliphatic carbocycles. The van der Waals surface area contributed by atoms with Gasteiger partial charge in [0, 0.05) is 35.6 Å². The van der Waals surface area contributed by atoms with Crippen LogP contribution in [0.25, 0.3) is 5.69 Å². The average Bonchev–Trinajstić information content (AvgIpc) is 3.28. The summed E-state index contributed by atoms with van der Waals surface area (Å²) < 4.78 is 35.8. The number of imidazole rings is 1. The predicted octanol–water partition coefficient (Wildman–Crippen LogP) is 3.22. The number of anilines is 2. The number of halogens is 2. The zero-order valence-electron chi connectivity index (χ0n) is 18.7. The molecule has 0 spiro atoms. The number of hydrogen-bond donors (Lipinski definition) is 2. The van der Waals surface area contributed by atoms with Crippen molar-refractivity contribution >= 4 is 11.4 Å². The molecule has 0 aliphatic rings. The first-order chi connectivity index (χ1) is 16.8. The minimum atomic E-state index is -1.28. The molecule has 2 heterocycles. The van der Waals surface area contributed by atoms with Crippen molar-refractivity contribution in [2.75, 3.05) is 19.0 Å². The summed E-state index contributed by atoms with van der Waals surface area (Å²) in [6, 6.07) is 9.71. The molecule has 0 radical (unpaired) electrons. The van der Waals surface area contributed by atoms with E-state index in [0.29, 0.717) is 17.5 Å². The Morgan fingerprint density at radius 3 is 2.66 bits per heavy atom. The summed E-state index contributed by atoms with van der Waals surface area (Å²) in [5.74, 6) is -1.27. The molecule has 0 saturated carbocycles. The van der Waals surface area contributed by atoms with Gasteiger partial charge in [-0.3, -0.25) is 4.79 Å². The molecule has 11 heteroatoms. The maximum atomic E-state index is 14.4. The second kappa shape index (κ2) is 9.74. The molecule has 178 valence electrons. The molecule has 1 atom stereocenters. The Kier molecular flexibility index (Phi) is 6.57. The van der Waals surface area contributed by atoms with E-state index in [1.807, 2.05) is 19.2 Å². The van der Waals surface area contributed by atoms with E-state index in [2.05, 4.69) is 15.4 Å². The lowest BCUT2D eigenvalue weighted by molar-refractivity contribution is 0.233. The smallest absolute Gasteiger partial charge is 0.291 e. The maximum absolute atomic E-state index is 14.4. The minimum Gasteiger partial charge on any atom is -0.494 e. The first-order valence-corrected chi connectivity index (χ1v) is 10.4. The fourth-order valence-electron chi connectivity index (χ4n) is 3.62. The van der Waals surface area contributed by atoms with Gasteiger partial charge in [0.1, 0.15) is 35.2 Å². The van der Waals surface area contributed by atoms with Gasteiger partial charge in [0.15, 0.2) is 5.69 Å². The number of methoxy groups -OCH3 is 1. The van der Waals surface area contributed by atoms with Gasteiger partial charge in [0.2, 0.25) is 0 Å². The van der Waals surface area contributed by atoms with Gasteiger partial charge >= 0.3 is 0 Å². The van der Waals surface area contributed by atoms with Gasteiger partial charge in [-0.15, -0.1) is 0 Å². The van der Waals surface area contributed by atoms with E-state index < -0.39 is 29.8 Å². The first-order valence-electron chi connectivity index (χ1n) is 10.4. The fourth-order valence-corrected chi connectivity index (χ4v) is 3.62. The van der Waals surface area contributed by atoms with Crippen LogP contribution < -0.4 is 15.6 Å². The molecule has 4 aromatic rings. The number of ether oxygens (including phenoxy) is 1. The quantitative estimate of drug-likeness (QED) is 0.419. The van der Waals surface area contributed by atoms with Crippen molar-refractivity contribution in [3.05, 3.63) is 93.9 Å². The number of aliphatic hydroxyl groups excluding tert-OH is 1. The van der Waals surface area contributed by atoms with Crippen LogP contribution in [0.3, 0.4) is 0 Å². The fraction of sp³-hybridized carbons (Fsp3) is 0.167. The van der Waals surface area contributed by atoms with Crippen LogP contribution in [0, 0.1) is 29.9 Å². The molecule has 2 aromatic heterocycles. The molecule has 9 nitrogen and oxygen atoms in total. The van der Waals surface area contributed by atoms with Gasteiger partial charge in [0.25, 0.3) is 5.56 Å². The van der Waals surface area contributed by atoms with Crippen molar-refractivity contribution in [1.29, 1.82) is 5.26 Å². The van der Waals surface area contributed by atoms with Crippen molar-refractivity contribution in [3.8, 4) is 17.5 Å². The van der Waals surface area contributed by atoms with E-state index in [0.717, 1.165) is 28.2 Å².